The van der Waals surface area contributed by atoms with Crippen LogP contribution in [0.15, 0.2) is 77.8 Å². The van der Waals surface area contributed by atoms with Crippen molar-refractivity contribution in [1.29, 1.82) is 0 Å². The second kappa shape index (κ2) is 6.54. The van der Waals surface area contributed by atoms with Crippen LogP contribution in [0.5, 0.6) is 11.5 Å². The molecule has 0 heterocycles. The van der Waals surface area contributed by atoms with E-state index >= 15 is 0 Å². The van der Waals surface area contributed by atoms with Crippen LogP contribution < -0.4 is 9.47 Å². The zero-order valence-electron chi connectivity index (χ0n) is 15.8. The molecule has 5 aromatic carbocycles. The molecule has 0 aliphatic rings. The molecule has 5 rings (SSSR count). The average molecular weight is 365 g/mol. The van der Waals surface area contributed by atoms with E-state index in [4.69, 9.17) is 14.5 Å². The van der Waals surface area contributed by atoms with E-state index in [2.05, 4.69) is 54.6 Å². The second-order valence-electron chi connectivity index (χ2n) is 6.81. The van der Waals surface area contributed by atoms with Crippen molar-refractivity contribution in [2.24, 2.45) is 4.99 Å². The molecule has 0 saturated heterocycles. The fraction of sp³-hybridized carbons (Fsp3) is 0.0800. The summed E-state index contributed by atoms with van der Waals surface area (Å²) in [5, 5.41) is 7.46. The Morgan fingerprint density at radius 3 is 2.18 bits per heavy atom. The van der Waals surface area contributed by atoms with Crippen LogP contribution in [0.4, 0.5) is 5.69 Å². The van der Waals surface area contributed by atoms with Crippen molar-refractivity contribution in [3.05, 3.63) is 78.4 Å². The van der Waals surface area contributed by atoms with Crippen molar-refractivity contribution in [2.75, 3.05) is 14.2 Å². The van der Waals surface area contributed by atoms with Crippen LogP contribution in [-0.2, 0) is 0 Å². The monoisotopic (exact) mass is 365 g/mol. The van der Waals surface area contributed by atoms with E-state index in [-0.39, 0.29) is 0 Å². The van der Waals surface area contributed by atoms with Gasteiger partial charge in [-0.2, -0.15) is 0 Å². The van der Waals surface area contributed by atoms with Gasteiger partial charge in [-0.15, -0.1) is 0 Å². The van der Waals surface area contributed by atoms with E-state index in [0.29, 0.717) is 0 Å². The highest BCUT2D eigenvalue weighted by atomic mass is 16.5. The van der Waals surface area contributed by atoms with Crippen LogP contribution >= 0.6 is 0 Å². The Labute approximate surface area is 163 Å². The van der Waals surface area contributed by atoms with Gasteiger partial charge in [-0.1, -0.05) is 48.5 Å². The van der Waals surface area contributed by atoms with Crippen molar-refractivity contribution >= 4 is 44.2 Å². The number of hydrogen-bond donors (Lipinski definition) is 0. The summed E-state index contributed by atoms with van der Waals surface area (Å²) in [6.07, 6.45) is 1.84. The minimum absolute atomic E-state index is 0.766. The number of nitrogens with zero attached hydrogens (tertiary/aromatic N) is 1. The molecule has 136 valence electrons. The van der Waals surface area contributed by atoms with Crippen molar-refractivity contribution < 1.29 is 9.47 Å². The minimum Gasteiger partial charge on any atom is -0.497 e. The first-order valence-electron chi connectivity index (χ1n) is 9.21. The maximum Gasteiger partial charge on any atom is 0.127 e. The molecule has 0 amide bonds. The summed E-state index contributed by atoms with van der Waals surface area (Å²) in [4.78, 5) is 4.81. The molecule has 0 spiro atoms. The molecule has 0 aliphatic carbocycles. The van der Waals surface area contributed by atoms with Gasteiger partial charge in [0.1, 0.15) is 11.5 Å². The van der Waals surface area contributed by atoms with Crippen LogP contribution in [-0.4, -0.2) is 20.4 Å². The van der Waals surface area contributed by atoms with Crippen LogP contribution in [0.2, 0.25) is 0 Å². The van der Waals surface area contributed by atoms with Crippen molar-refractivity contribution in [3.63, 3.8) is 0 Å². The first-order chi connectivity index (χ1) is 13.8. The smallest absolute Gasteiger partial charge is 0.127 e. The quantitative estimate of drug-likeness (QED) is 0.274. The topological polar surface area (TPSA) is 30.8 Å². The van der Waals surface area contributed by atoms with E-state index in [0.717, 1.165) is 28.1 Å². The molecule has 0 radical (unpaired) electrons. The molecular formula is C25H19NO2. The number of ether oxygens (including phenoxy) is 2. The molecule has 0 aromatic heterocycles. The summed E-state index contributed by atoms with van der Waals surface area (Å²) in [5.74, 6) is 1.54. The van der Waals surface area contributed by atoms with Gasteiger partial charge in [-0.25, -0.2) is 0 Å². The van der Waals surface area contributed by atoms with Crippen LogP contribution in [0.25, 0.3) is 32.3 Å². The molecular weight excluding hydrogens is 346 g/mol. The second-order valence-corrected chi connectivity index (χ2v) is 6.81. The Morgan fingerprint density at radius 1 is 0.714 bits per heavy atom. The Morgan fingerprint density at radius 2 is 1.43 bits per heavy atom. The highest BCUT2D eigenvalue weighted by molar-refractivity contribution is 6.25. The average Bonchev–Trinajstić information content (AvgIpc) is 2.76. The molecule has 28 heavy (non-hydrogen) atoms. The molecule has 0 atom stereocenters. The summed E-state index contributed by atoms with van der Waals surface area (Å²) in [6.45, 7) is 0. The standard InChI is InChI=1S/C25H19NO2/c1-27-20-10-13-23(28-2)19(14-20)15-26-22-12-9-18-7-6-16-4-3-5-17-8-11-21(22)25(18)24(16)17/h3-15H,1-2H3. The number of benzene rings is 5. The molecule has 5 aromatic rings. The number of rotatable bonds is 4. The zero-order chi connectivity index (χ0) is 19.1. The van der Waals surface area contributed by atoms with Gasteiger partial charge < -0.3 is 9.47 Å². The third-order valence-electron chi connectivity index (χ3n) is 5.29. The van der Waals surface area contributed by atoms with E-state index in [1.807, 2.05) is 24.4 Å². The van der Waals surface area contributed by atoms with Gasteiger partial charge in [-0.3, -0.25) is 4.99 Å². The number of aliphatic imine (C=N–C) groups is 1. The van der Waals surface area contributed by atoms with Gasteiger partial charge in [0.05, 0.1) is 19.9 Å². The maximum atomic E-state index is 5.47. The van der Waals surface area contributed by atoms with Crippen LogP contribution in [0.3, 0.4) is 0 Å². The molecule has 3 nitrogen and oxygen atoms in total. The van der Waals surface area contributed by atoms with Gasteiger partial charge in [0, 0.05) is 17.2 Å². The molecule has 3 heteroatoms. The van der Waals surface area contributed by atoms with Gasteiger partial charge in [-0.05, 0) is 51.2 Å². The number of methoxy groups -OCH3 is 2. The van der Waals surface area contributed by atoms with Gasteiger partial charge >= 0.3 is 0 Å². The molecule has 0 bridgehead atoms. The van der Waals surface area contributed by atoms with E-state index in [1.54, 1.807) is 14.2 Å². The highest BCUT2D eigenvalue weighted by Crippen LogP contribution is 2.38. The third-order valence-corrected chi connectivity index (χ3v) is 5.29. The largest absolute Gasteiger partial charge is 0.497 e. The summed E-state index contributed by atoms with van der Waals surface area (Å²) < 4.78 is 10.8. The van der Waals surface area contributed by atoms with Crippen LogP contribution in [0, 0.1) is 0 Å². The SMILES string of the molecule is COc1ccc(OC)c(C=Nc2ccc3ccc4cccc5ccc2c3c45)c1. The van der Waals surface area contributed by atoms with Crippen molar-refractivity contribution in [2.45, 2.75) is 0 Å². The van der Waals surface area contributed by atoms with Crippen molar-refractivity contribution in [3.8, 4) is 11.5 Å². The molecule has 0 saturated carbocycles. The van der Waals surface area contributed by atoms with Crippen molar-refractivity contribution in [1.82, 2.24) is 0 Å². The van der Waals surface area contributed by atoms with Gasteiger partial charge in [0.25, 0.3) is 0 Å². The first kappa shape index (κ1) is 16.6. The minimum atomic E-state index is 0.766. The molecule has 0 unspecified atom stereocenters. The Balaban J connectivity index is 1.71. The van der Waals surface area contributed by atoms with Gasteiger partial charge in [0.15, 0.2) is 0 Å². The molecule has 0 N–H and O–H groups in total. The Bertz CT molecular complexity index is 1320. The Kier molecular flexibility index (Phi) is 3.87. The summed E-state index contributed by atoms with van der Waals surface area (Å²) in [5.41, 5.74) is 1.82. The maximum absolute atomic E-state index is 5.47. The first-order valence-corrected chi connectivity index (χ1v) is 9.21. The van der Waals surface area contributed by atoms with Crippen LogP contribution in [0.1, 0.15) is 5.56 Å². The van der Waals surface area contributed by atoms with Gasteiger partial charge in [0.2, 0.25) is 0 Å². The van der Waals surface area contributed by atoms with E-state index < -0.39 is 0 Å². The fourth-order valence-electron chi connectivity index (χ4n) is 3.91. The Hall–Kier alpha value is -3.59. The fourth-order valence-corrected chi connectivity index (χ4v) is 3.91. The lowest BCUT2D eigenvalue weighted by atomic mass is 9.93. The molecule has 0 fully saturated rings. The lowest BCUT2D eigenvalue weighted by Crippen LogP contribution is -1.92. The highest BCUT2D eigenvalue weighted by Gasteiger charge is 2.10. The lowest BCUT2D eigenvalue weighted by molar-refractivity contribution is 0.402. The predicted molar refractivity (Wildman–Crippen MR) is 117 cm³/mol. The number of hydrogen-bond acceptors (Lipinski definition) is 3. The summed E-state index contributed by atoms with van der Waals surface area (Å²) in [6, 6.07) is 25.1. The predicted octanol–water partition coefficient (Wildman–Crippen LogP) is 6.35. The summed E-state index contributed by atoms with van der Waals surface area (Å²) in [7, 11) is 3.32. The summed E-state index contributed by atoms with van der Waals surface area (Å²) >= 11 is 0. The third kappa shape index (κ3) is 2.55. The van der Waals surface area contributed by atoms with E-state index in [9.17, 15) is 0 Å². The van der Waals surface area contributed by atoms with E-state index in [1.165, 1.54) is 26.9 Å². The zero-order valence-corrected chi connectivity index (χ0v) is 15.8. The lowest BCUT2D eigenvalue weighted by Gasteiger charge is -2.12. The normalized spacial score (nSPS) is 11.8. The molecule has 0 aliphatic heterocycles.